The molecule has 3 heteroatoms. The van der Waals surface area contributed by atoms with Gasteiger partial charge in [-0.1, -0.05) is 33.1 Å². The van der Waals surface area contributed by atoms with Gasteiger partial charge in [0.2, 0.25) is 0 Å². The van der Waals surface area contributed by atoms with Crippen molar-refractivity contribution in [3.63, 3.8) is 0 Å². The molecule has 0 fully saturated rings. The molecule has 0 aromatic carbocycles. The molecular formula is C13H23N3. The van der Waals surface area contributed by atoms with Crippen molar-refractivity contribution in [3.8, 4) is 0 Å². The van der Waals surface area contributed by atoms with Crippen molar-refractivity contribution >= 4 is 0 Å². The number of rotatable bonds is 7. The molecule has 1 N–H and O–H groups in total. The third kappa shape index (κ3) is 4.27. The van der Waals surface area contributed by atoms with E-state index in [2.05, 4.69) is 29.1 Å². The summed E-state index contributed by atoms with van der Waals surface area (Å²) in [7, 11) is 0. The maximum absolute atomic E-state index is 4.40. The molecule has 1 aromatic rings. The average Bonchev–Trinajstić information content (AvgIpc) is 2.29. The van der Waals surface area contributed by atoms with Crippen LogP contribution in [-0.2, 0) is 0 Å². The number of unbranched alkanes of at least 4 members (excludes halogenated alkanes) is 2. The molecule has 16 heavy (non-hydrogen) atoms. The second-order valence-electron chi connectivity index (χ2n) is 4.22. The SMILES string of the molecule is CCCCCC(NCC)c1ncc(C)cn1. The maximum atomic E-state index is 4.40. The van der Waals surface area contributed by atoms with Crippen molar-refractivity contribution in [1.82, 2.24) is 15.3 Å². The van der Waals surface area contributed by atoms with Crippen LogP contribution in [0.25, 0.3) is 0 Å². The lowest BCUT2D eigenvalue weighted by molar-refractivity contribution is 0.465. The van der Waals surface area contributed by atoms with E-state index >= 15 is 0 Å². The normalized spacial score (nSPS) is 12.7. The van der Waals surface area contributed by atoms with Crippen LogP contribution < -0.4 is 5.32 Å². The molecule has 90 valence electrons. The van der Waals surface area contributed by atoms with E-state index < -0.39 is 0 Å². The molecule has 1 rings (SSSR count). The fraction of sp³-hybridized carbons (Fsp3) is 0.692. The third-order valence-corrected chi connectivity index (χ3v) is 2.66. The van der Waals surface area contributed by atoms with Crippen LogP contribution in [-0.4, -0.2) is 16.5 Å². The highest BCUT2D eigenvalue weighted by Crippen LogP contribution is 2.16. The molecule has 0 bridgehead atoms. The number of hydrogen-bond donors (Lipinski definition) is 1. The molecule has 1 aromatic heterocycles. The van der Waals surface area contributed by atoms with Gasteiger partial charge in [0.05, 0.1) is 6.04 Å². The largest absolute Gasteiger partial charge is 0.308 e. The lowest BCUT2D eigenvalue weighted by Gasteiger charge is -2.16. The number of aromatic nitrogens is 2. The van der Waals surface area contributed by atoms with Crippen LogP contribution in [0.1, 0.15) is 57.0 Å². The first-order chi connectivity index (χ1) is 7.77. The Bertz CT molecular complexity index is 282. The first kappa shape index (κ1) is 13.1. The van der Waals surface area contributed by atoms with Gasteiger partial charge in [-0.25, -0.2) is 9.97 Å². The van der Waals surface area contributed by atoms with Gasteiger partial charge in [-0.2, -0.15) is 0 Å². The van der Waals surface area contributed by atoms with Crippen molar-refractivity contribution in [2.45, 2.75) is 52.5 Å². The summed E-state index contributed by atoms with van der Waals surface area (Å²) in [5, 5.41) is 3.45. The summed E-state index contributed by atoms with van der Waals surface area (Å²) in [5.74, 6) is 0.934. The summed E-state index contributed by atoms with van der Waals surface area (Å²) >= 11 is 0. The Morgan fingerprint density at radius 1 is 1.19 bits per heavy atom. The third-order valence-electron chi connectivity index (χ3n) is 2.66. The fourth-order valence-corrected chi connectivity index (χ4v) is 1.75. The van der Waals surface area contributed by atoms with Gasteiger partial charge in [0.25, 0.3) is 0 Å². The molecule has 0 aliphatic heterocycles. The second kappa shape index (κ2) is 7.34. The van der Waals surface area contributed by atoms with Crippen molar-refractivity contribution in [2.24, 2.45) is 0 Å². The minimum atomic E-state index is 0.317. The lowest BCUT2D eigenvalue weighted by atomic mass is 10.1. The predicted molar refractivity (Wildman–Crippen MR) is 67.3 cm³/mol. The molecule has 1 unspecified atom stereocenters. The zero-order valence-corrected chi connectivity index (χ0v) is 10.7. The molecule has 0 spiro atoms. The van der Waals surface area contributed by atoms with Crippen LogP contribution in [0.5, 0.6) is 0 Å². The summed E-state index contributed by atoms with van der Waals surface area (Å²) in [5.41, 5.74) is 1.12. The van der Waals surface area contributed by atoms with Gasteiger partial charge in [-0.3, -0.25) is 0 Å². The molecule has 0 aliphatic rings. The monoisotopic (exact) mass is 221 g/mol. The van der Waals surface area contributed by atoms with Gasteiger partial charge in [0, 0.05) is 12.4 Å². The van der Waals surface area contributed by atoms with E-state index in [1.165, 1.54) is 19.3 Å². The van der Waals surface area contributed by atoms with Crippen LogP contribution >= 0.6 is 0 Å². The fourth-order valence-electron chi connectivity index (χ4n) is 1.75. The van der Waals surface area contributed by atoms with E-state index in [9.17, 15) is 0 Å². The Kier molecular flexibility index (Phi) is 6.01. The first-order valence-electron chi connectivity index (χ1n) is 6.29. The summed E-state index contributed by atoms with van der Waals surface area (Å²) in [6.45, 7) is 7.34. The molecular weight excluding hydrogens is 198 g/mol. The Morgan fingerprint density at radius 2 is 1.88 bits per heavy atom. The highest BCUT2D eigenvalue weighted by atomic mass is 15.0. The smallest absolute Gasteiger partial charge is 0.145 e. The van der Waals surface area contributed by atoms with E-state index in [-0.39, 0.29) is 0 Å². The first-order valence-corrected chi connectivity index (χ1v) is 6.29. The molecule has 0 saturated heterocycles. The van der Waals surface area contributed by atoms with Crippen molar-refractivity contribution in [3.05, 3.63) is 23.8 Å². The van der Waals surface area contributed by atoms with Gasteiger partial charge in [0.15, 0.2) is 0 Å². The average molecular weight is 221 g/mol. The van der Waals surface area contributed by atoms with Crippen LogP contribution in [0, 0.1) is 6.92 Å². The van der Waals surface area contributed by atoms with Crippen LogP contribution in [0.3, 0.4) is 0 Å². The molecule has 0 saturated carbocycles. The minimum absolute atomic E-state index is 0.317. The number of nitrogens with one attached hydrogen (secondary N) is 1. The topological polar surface area (TPSA) is 37.8 Å². The molecule has 1 atom stereocenters. The van der Waals surface area contributed by atoms with E-state index in [0.29, 0.717) is 6.04 Å². The summed E-state index contributed by atoms with van der Waals surface area (Å²) in [6, 6.07) is 0.317. The zero-order chi connectivity index (χ0) is 11.8. The van der Waals surface area contributed by atoms with Crippen LogP contribution in [0.2, 0.25) is 0 Å². The van der Waals surface area contributed by atoms with Gasteiger partial charge in [-0.15, -0.1) is 0 Å². The van der Waals surface area contributed by atoms with E-state index in [0.717, 1.165) is 24.4 Å². The molecule has 0 radical (unpaired) electrons. The van der Waals surface area contributed by atoms with E-state index in [1.54, 1.807) is 0 Å². The van der Waals surface area contributed by atoms with Gasteiger partial charge in [-0.05, 0) is 25.5 Å². The standard InChI is InChI=1S/C13H23N3/c1-4-6-7-8-12(14-5-2)13-15-9-11(3)10-16-13/h9-10,12,14H,4-8H2,1-3H3. The number of nitrogens with zero attached hydrogens (tertiary/aromatic N) is 2. The van der Waals surface area contributed by atoms with Gasteiger partial charge in [0.1, 0.15) is 5.82 Å². The van der Waals surface area contributed by atoms with E-state index in [1.807, 2.05) is 19.3 Å². The zero-order valence-electron chi connectivity index (χ0n) is 10.7. The second-order valence-corrected chi connectivity index (χ2v) is 4.22. The Labute approximate surface area is 98.7 Å². The van der Waals surface area contributed by atoms with Gasteiger partial charge >= 0.3 is 0 Å². The highest BCUT2D eigenvalue weighted by Gasteiger charge is 2.12. The summed E-state index contributed by atoms with van der Waals surface area (Å²) in [4.78, 5) is 8.80. The molecule has 3 nitrogen and oxygen atoms in total. The van der Waals surface area contributed by atoms with Gasteiger partial charge < -0.3 is 5.32 Å². The Hall–Kier alpha value is -0.960. The number of aryl methyl sites for hydroxylation is 1. The summed E-state index contributed by atoms with van der Waals surface area (Å²) in [6.07, 6.45) is 8.70. The summed E-state index contributed by atoms with van der Waals surface area (Å²) < 4.78 is 0. The lowest BCUT2D eigenvalue weighted by Crippen LogP contribution is -2.23. The molecule has 0 amide bonds. The molecule has 0 aliphatic carbocycles. The highest BCUT2D eigenvalue weighted by molar-refractivity contribution is 5.04. The van der Waals surface area contributed by atoms with Crippen LogP contribution in [0.4, 0.5) is 0 Å². The van der Waals surface area contributed by atoms with Crippen LogP contribution in [0.15, 0.2) is 12.4 Å². The van der Waals surface area contributed by atoms with Crippen molar-refractivity contribution in [1.29, 1.82) is 0 Å². The Morgan fingerprint density at radius 3 is 2.44 bits per heavy atom. The van der Waals surface area contributed by atoms with Crippen molar-refractivity contribution in [2.75, 3.05) is 6.54 Å². The maximum Gasteiger partial charge on any atom is 0.145 e. The predicted octanol–water partition coefficient (Wildman–Crippen LogP) is 3.02. The quantitative estimate of drug-likeness (QED) is 0.719. The Balaban J connectivity index is 2.57. The van der Waals surface area contributed by atoms with E-state index in [4.69, 9.17) is 0 Å². The minimum Gasteiger partial charge on any atom is -0.308 e. The molecule has 1 heterocycles. The van der Waals surface area contributed by atoms with Crippen molar-refractivity contribution < 1.29 is 0 Å². The number of hydrogen-bond acceptors (Lipinski definition) is 3.